The van der Waals surface area contributed by atoms with Gasteiger partial charge in [-0.15, -0.1) is 0 Å². The first-order valence-electron chi connectivity index (χ1n) is 4.05. The predicted molar refractivity (Wildman–Crippen MR) is 48.7 cm³/mol. The maximum Gasteiger partial charge on any atom is 0.334 e. The Bertz CT molecular complexity index is 440. The summed E-state index contributed by atoms with van der Waals surface area (Å²) < 4.78 is 4.85. The molecule has 1 heterocycles. The smallest absolute Gasteiger partial charge is 0.334 e. The van der Waals surface area contributed by atoms with Gasteiger partial charge in [0, 0.05) is 5.56 Å². The summed E-state index contributed by atoms with van der Waals surface area (Å²) in [6, 6.07) is 8.73. The molecule has 0 bridgehead atoms. The molecular formula is C10H6N2O2. The molecule has 14 heavy (non-hydrogen) atoms. The van der Waals surface area contributed by atoms with Crippen molar-refractivity contribution in [1.29, 1.82) is 5.26 Å². The number of nitriles is 1. The van der Waals surface area contributed by atoms with Gasteiger partial charge in [0.1, 0.15) is 6.54 Å². The summed E-state index contributed by atoms with van der Waals surface area (Å²) in [4.78, 5) is 14.7. The lowest BCUT2D eigenvalue weighted by Crippen LogP contribution is -2.05. The Balaban J connectivity index is 2.27. The number of nitrogens with zero attached hydrogens (tertiary/aromatic N) is 2. The van der Waals surface area contributed by atoms with Crippen molar-refractivity contribution in [1.82, 2.24) is 0 Å². The third-order valence-corrected chi connectivity index (χ3v) is 1.82. The molecule has 0 unspecified atom stereocenters. The Morgan fingerprint density at radius 1 is 1.36 bits per heavy atom. The van der Waals surface area contributed by atoms with Gasteiger partial charge in [0.2, 0.25) is 5.90 Å². The van der Waals surface area contributed by atoms with Gasteiger partial charge in [0.15, 0.2) is 0 Å². The monoisotopic (exact) mass is 186 g/mol. The fraction of sp³-hybridized carbons (Fsp3) is 0.100. The summed E-state index contributed by atoms with van der Waals surface area (Å²) in [7, 11) is 0. The van der Waals surface area contributed by atoms with E-state index in [2.05, 4.69) is 4.99 Å². The maximum absolute atomic E-state index is 10.8. The highest BCUT2D eigenvalue weighted by molar-refractivity contribution is 6.04. The van der Waals surface area contributed by atoms with Gasteiger partial charge < -0.3 is 4.74 Å². The Labute approximate surface area is 80.4 Å². The summed E-state index contributed by atoms with van der Waals surface area (Å²) in [5.41, 5.74) is 1.29. The van der Waals surface area contributed by atoms with E-state index in [0.29, 0.717) is 11.5 Å². The van der Waals surface area contributed by atoms with Crippen molar-refractivity contribution >= 4 is 11.9 Å². The molecule has 0 fully saturated rings. The first-order valence-corrected chi connectivity index (χ1v) is 4.05. The number of ether oxygens (including phenoxy) is 1. The third-order valence-electron chi connectivity index (χ3n) is 1.82. The number of hydrogen-bond acceptors (Lipinski definition) is 4. The van der Waals surface area contributed by atoms with Crippen LogP contribution in [-0.2, 0) is 9.53 Å². The van der Waals surface area contributed by atoms with Crippen LogP contribution >= 0.6 is 0 Å². The molecule has 1 aromatic carbocycles. The van der Waals surface area contributed by atoms with E-state index in [1.807, 2.05) is 6.07 Å². The summed E-state index contributed by atoms with van der Waals surface area (Å²) in [6.07, 6.45) is 0. The molecule has 0 spiro atoms. The lowest BCUT2D eigenvalue weighted by Gasteiger charge is -1.98. The second-order valence-corrected chi connectivity index (χ2v) is 2.78. The minimum Gasteiger partial charge on any atom is -0.406 e. The second kappa shape index (κ2) is 3.30. The number of carbonyl (C=O) groups is 1. The highest BCUT2D eigenvalue weighted by atomic mass is 16.6. The quantitative estimate of drug-likeness (QED) is 0.611. The van der Waals surface area contributed by atoms with E-state index >= 15 is 0 Å². The van der Waals surface area contributed by atoms with Gasteiger partial charge in [0.05, 0.1) is 11.6 Å². The summed E-state index contributed by atoms with van der Waals surface area (Å²) in [5.74, 6) is -0.0103. The van der Waals surface area contributed by atoms with Crippen molar-refractivity contribution < 1.29 is 9.53 Å². The first-order chi connectivity index (χ1) is 6.79. The number of cyclic esters (lactones) is 1. The lowest BCUT2D eigenvalue weighted by atomic mass is 10.1. The van der Waals surface area contributed by atoms with Gasteiger partial charge in [0.25, 0.3) is 0 Å². The van der Waals surface area contributed by atoms with Crippen LogP contribution in [0.2, 0.25) is 0 Å². The number of hydrogen-bond donors (Lipinski definition) is 0. The summed E-state index contributed by atoms with van der Waals surface area (Å²) in [6.45, 7) is 0.0787. The van der Waals surface area contributed by atoms with Crippen molar-refractivity contribution in [2.24, 2.45) is 4.99 Å². The highest BCUT2D eigenvalue weighted by Gasteiger charge is 2.17. The number of rotatable bonds is 1. The standard InChI is InChI=1S/C10H6N2O2/c11-5-7-1-3-8(4-2-7)10-12-6-9(13)14-10/h1-4H,6H2. The van der Waals surface area contributed by atoms with Gasteiger partial charge >= 0.3 is 5.97 Å². The predicted octanol–water partition coefficient (Wildman–Crippen LogP) is 0.862. The fourth-order valence-electron chi connectivity index (χ4n) is 1.15. The number of carbonyl (C=O) groups excluding carboxylic acids is 1. The van der Waals surface area contributed by atoms with Crippen molar-refractivity contribution in [3.8, 4) is 6.07 Å². The van der Waals surface area contributed by atoms with Crippen molar-refractivity contribution in [2.75, 3.05) is 6.54 Å². The maximum atomic E-state index is 10.8. The molecule has 4 nitrogen and oxygen atoms in total. The van der Waals surface area contributed by atoms with Crippen molar-refractivity contribution in [2.45, 2.75) is 0 Å². The van der Waals surface area contributed by atoms with E-state index in [-0.39, 0.29) is 12.5 Å². The molecule has 0 radical (unpaired) electrons. The van der Waals surface area contributed by atoms with Crippen LogP contribution < -0.4 is 0 Å². The molecule has 0 saturated heterocycles. The molecule has 0 saturated carbocycles. The van der Waals surface area contributed by atoms with Crippen LogP contribution in [0.25, 0.3) is 0 Å². The van der Waals surface area contributed by atoms with E-state index in [1.165, 1.54) is 0 Å². The van der Waals surface area contributed by atoms with Crippen LogP contribution in [0.5, 0.6) is 0 Å². The van der Waals surface area contributed by atoms with Crippen LogP contribution in [0, 0.1) is 11.3 Å². The van der Waals surface area contributed by atoms with Crippen LogP contribution in [0.3, 0.4) is 0 Å². The molecule has 0 N–H and O–H groups in total. The minimum absolute atomic E-state index is 0.0787. The largest absolute Gasteiger partial charge is 0.406 e. The number of benzene rings is 1. The zero-order chi connectivity index (χ0) is 9.97. The molecule has 2 rings (SSSR count). The second-order valence-electron chi connectivity index (χ2n) is 2.78. The Morgan fingerprint density at radius 3 is 2.57 bits per heavy atom. The molecule has 0 atom stereocenters. The van der Waals surface area contributed by atoms with Crippen LogP contribution in [0.1, 0.15) is 11.1 Å². The molecule has 68 valence electrons. The minimum atomic E-state index is -0.343. The molecule has 1 aliphatic rings. The fourth-order valence-corrected chi connectivity index (χ4v) is 1.15. The van der Waals surface area contributed by atoms with E-state index < -0.39 is 0 Å². The zero-order valence-corrected chi connectivity index (χ0v) is 7.23. The first kappa shape index (κ1) is 8.45. The number of aliphatic imine (C=N–C) groups is 1. The topological polar surface area (TPSA) is 62.5 Å². The van der Waals surface area contributed by atoms with Gasteiger partial charge in [-0.05, 0) is 24.3 Å². The van der Waals surface area contributed by atoms with Gasteiger partial charge in [-0.3, -0.25) is 0 Å². The molecule has 1 aliphatic heterocycles. The average Bonchev–Trinajstić information content (AvgIpc) is 2.65. The van der Waals surface area contributed by atoms with Gasteiger partial charge in [-0.2, -0.15) is 5.26 Å². The molecule has 0 aliphatic carbocycles. The van der Waals surface area contributed by atoms with Crippen LogP contribution in [0.4, 0.5) is 0 Å². The Morgan fingerprint density at radius 2 is 2.07 bits per heavy atom. The van der Waals surface area contributed by atoms with Gasteiger partial charge in [-0.25, -0.2) is 9.79 Å². The van der Waals surface area contributed by atoms with Crippen LogP contribution in [0.15, 0.2) is 29.3 Å². The summed E-state index contributed by atoms with van der Waals surface area (Å²) >= 11 is 0. The van der Waals surface area contributed by atoms with E-state index in [0.717, 1.165) is 5.56 Å². The molecule has 0 amide bonds. The van der Waals surface area contributed by atoms with Gasteiger partial charge in [-0.1, -0.05) is 0 Å². The van der Waals surface area contributed by atoms with E-state index in [4.69, 9.17) is 10.00 Å². The molecule has 4 heteroatoms. The third kappa shape index (κ3) is 1.48. The molecule has 0 aromatic heterocycles. The SMILES string of the molecule is N#Cc1ccc(C2=NCC(=O)O2)cc1. The van der Waals surface area contributed by atoms with E-state index in [1.54, 1.807) is 24.3 Å². The highest BCUT2D eigenvalue weighted by Crippen LogP contribution is 2.09. The normalized spacial score (nSPS) is 14.5. The zero-order valence-electron chi connectivity index (χ0n) is 7.23. The number of esters is 1. The molecular weight excluding hydrogens is 180 g/mol. The Kier molecular flexibility index (Phi) is 1.99. The average molecular weight is 186 g/mol. The van der Waals surface area contributed by atoms with Crippen LogP contribution in [-0.4, -0.2) is 18.4 Å². The Hall–Kier alpha value is -2.15. The summed E-state index contributed by atoms with van der Waals surface area (Å²) in [5, 5.41) is 8.57. The van der Waals surface area contributed by atoms with Crippen molar-refractivity contribution in [3.05, 3.63) is 35.4 Å². The lowest BCUT2D eigenvalue weighted by molar-refractivity contribution is -0.132. The molecule has 1 aromatic rings. The van der Waals surface area contributed by atoms with Crippen molar-refractivity contribution in [3.63, 3.8) is 0 Å². The van der Waals surface area contributed by atoms with E-state index in [9.17, 15) is 4.79 Å².